The molecule has 1 aromatic carbocycles. The van der Waals surface area contributed by atoms with Crippen molar-refractivity contribution in [1.82, 2.24) is 9.78 Å². The van der Waals surface area contributed by atoms with Gasteiger partial charge >= 0.3 is 5.97 Å². The predicted octanol–water partition coefficient (Wildman–Crippen LogP) is 2.30. The van der Waals surface area contributed by atoms with Crippen LogP contribution in [0.4, 0.5) is 0 Å². The van der Waals surface area contributed by atoms with Crippen molar-refractivity contribution >= 4 is 17.6 Å². The summed E-state index contributed by atoms with van der Waals surface area (Å²) in [7, 11) is 1.27. The van der Waals surface area contributed by atoms with E-state index in [0.29, 0.717) is 10.7 Å². The minimum atomic E-state index is -0.778. The SMILES string of the molecule is COC(=O)C(C)n1nc(-c2ccc(Cl)cc2)ccc1=O. The first kappa shape index (κ1) is 14.3. The zero-order chi connectivity index (χ0) is 14.7. The van der Waals surface area contributed by atoms with Crippen LogP contribution in [-0.4, -0.2) is 22.9 Å². The molecule has 0 aliphatic carbocycles. The Morgan fingerprint density at radius 1 is 1.25 bits per heavy atom. The number of hydrogen-bond donors (Lipinski definition) is 0. The minimum absolute atomic E-state index is 0.361. The Balaban J connectivity index is 2.45. The molecule has 1 unspecified atom stereocenters. The van der Waals surface area contributed by atoms with Gasteiger partial charge < -0.3 is 4.74 Å². The van der Waals surface area contributed by atoms with Crippen molar-refractivity contribution in [2.75, 3.05) is 7.11 Å². The summed E-state index contributed by atoms with van der Waals surface area (Å²) < 4.78 is 5.73. The molecule has 0 saturated heterocycles. The van der Waals surface area contributed by atoms with Gasteiger partial charge in [-0.1, -0.05) is 23.7 Å². The van der Waals surface area contributed by atoms with Gasteiger partial charge in [-0.3, -0.25) is 4.79 Å². The molecule has 104 valence electrons. The molecule has 5 nitrogen and oxygen atoms in total. The molecule has 0 radical (unpaired) electrons. The molecule has 6 heteroatoms. The summed E-state index contributed by atoms with van der Waals surface area (Å²) in [5.74, 6) is -0.521. The first-order chi connectivity index (χ1) is 9.52. The summed E-state index contributed by atoms with van der Waals surface area (Å²) in [5, 5.41) is 4.82. The lowest BCUT2D eigenvalue weighted by Gasteiger charge is -2.12. The monoisotopic (exact) mass is 292 g/mol. The number of methoxy groups -OCH3 is 1. The molecule has 0 saturated carbocycles. The maximum Gasteiger partial charge on any atom is 0.330 e. The van der Waals surface area contributed by atoms with Gasteiger partial charge in [0.15, 0.2) is 6.04 Å². The van der Waals surface area contributed by atoms with Crippen molar-refractivity contribution in [3.8, 4) is 11.3 Å². The fourth-order valence-corrected chi connectivity index (χ4v) is 1.87. The number of carbonyl (C=O) groups is 1. The summed E-state index contributed by atoms with van der Waals surface area (Å²) in [6.07, 6.45) is 0. The van der Waals surface area contributed by atoms with Crippen LogP contribution >= 0.6 is 11.6 Å². The van der Waals surface area contributed by atoms with Gasteiger partial charge in [-0.2, -0.15) is 5.10 Å². The normalized spacial score (nSPS) is 11.9. The van der Waals surface area contributed by atoms with Gasteiger partial charge in [0.1, 0.15) is 0 Å². The van der Waals surface area contributed by atoms with E-state index in [4.69, 9.17) is 11.6 Å². The zero-order valence-corrected chi connectivity index (χ0v) is 11.8. The molecular weight excluding hydrogens is 280 g/mol. The zero-order valence-electron chi connectivity index (χ0n) is 11.0. The van der Waals surface area contributed by atoms with Gasteiger partial charge in [0, 0.05) is 16.7 Å². The van der Waals surface area contributed by atoms with Crippen molar-refractivity contribution in [3.05, 3.63) is 51.8 Å². The second kappa shape index (κ2) is 5.88. The Labute approximate surface area is 120 Å². The van der Waals surface area contributed by atoms with Crippen LogP contribution < -0.4 is 5.56 Å². The Hall–Kier alpha value is -2.14. The van der Waals surface area contributed by atoms with Crippen LogP contribution in [0, 0.1) is 0 Å². The van der Waals surface area contributed by atoms with E-state index in [9.17, 15) is 9.59 Å². The van der Waals surface area contributed by atoms with E-state index in [1.54, 1.807) is 37.3 Å². The molecule has 0 amide bonds. The van der Waals surface area contributed by atoms with Gasteiger partial charge in [-0.25, -0.2) is 9.48 Å². The third-order valence-electron chi connectivity index (χ3n) is 2.87. The molecule has 0 fully saturated rings. The number of esters is 1. The largest absolute Gasteiger partial charge is 0.467 e. The lowest BCUT2D eigenvalue weighted by Crippen LogP contribution is -2.30. The Morgan fingerprint density at radius 3 is 2.50 bits per heavy atom. The number of benzene rings is 1. The van der Waals surface area contributed by atoms with Crippen LogP contribution in [0.3, 0.4) is 0 Å². The van der Waals surface area contributed by atoms with E-state index in [2.05, 4.69) is 9.84 Å². The molecule has 1 atom stereocenters. The van der Waals surface area contributed by atoms with Crippen LogP contribution in [0.1, 0.15) is 13.0 Å². The third kappa shape index (κ3) is 2.88. The van der Waals surface area contributed by atoms with Crippen molar-refractivity contribution in [2.24, 2.45) is 0 Å². The Bertz CT molecular complexity index is 680. The van der Waals surface area contributed by atoms with Crippen LogP contribution in [0.15, 0.2) is 41.2 Å². The van der Waals surface area contributed by atoms with Gasteiger partial charge in [-0.05, 0) is 25.1 Å². The highest BCUT2D eigenvalue weighted by Crippen LogP contribution is 2.19. The molecule has 1 aromatic heterocycles. The van der Waals surface area contributed by atoms with E-state index >= 15 is 0 Å². The van der Waals surface area contributed by atoms with E-state index in [0.717, 1.165) is 10.2 Å². The number of aromatic nitrogens is 2. The van der Waals surface area contributed by atoms with Crippen LogP contribution in [0.25, 0.3) is 11.3 Å². The molecule has 20 heavy (non-hydrogen) atoms. The lowest BCUT2D eigenvalue weighted by molar-refractivity contribution is -0.144. The van der Waals surface area contributed by atoms with Crippen molar-refractivity contribution < 1.29 is 9.53 Å². The summed E-state index contributed by atoms with van der Waals surface area (Å²) in [6.45, 7) is 1.56. The summed E-state index contributed by atoms with van der Waals surface area (Å²) >= 11 is 5.83. The Kier molecular flexibility index (Phi) is 4.20. The number of ether oxygens (including phenoxy) is 1. The fraction of sp³-hybridized carbons (Fsp3) is 0.214. The topological polar surface area (TPSA) is 61.2 Å². The van der Waals surface area contributed by atoms with Crippen LogP contribution in [-0.2, 0) is 9.53 Å². The van der Waals surface area contributed by atoms with Crippen molar-refractivity contribution in [3.63, 3.8) is 0 Å². The molecule has 0 spiro atoms. The molecule has 1 heterocycles. The molecule has 2 rings (SSSR count). The van der Waals surface area contributed by atoms with Crippen LogP contribution in [0.2, 0.25) is 5.02 Å². The first-order valence-electron chi connectivity index (χ1n) is 5.96. The van der Waals surface area contributed by atoms with E-state index in [1.165, 1.54) is 13.2 Å². The van der Waals surface area contributed by atoms with E-state index < -0.39 is 12.0 Å². The first-order valence-corrected chi connectivity index (χ1v) is 6.34. The van der Waals surface area contributed by atoms with Gasteiger partial charge in [0.05, 0.1) is 12.8 Å². The third-order valence-corrected chi connectivity index (χ3v) is 3.13. The number of rotatable bonds is 3. The molecule has 0 aliphatic rings. The number of hydrogen-bond acceptors (Lipinski definition) is 4. The predicted molar refractivity (Wildman–Crippen MR) is 75.7 cm³/mol. The van der Waals surface area contributed by atoms with E-state index in [-0.39, 0.29) is 5.56 Å². The summed E-state index contributed by atoms with van der Waals surface area (Å²) in [4.78, 5) is 23.3. The summed E-state index contributed by atoms with van der Waals surface area (Å²) in [6, 6.07) is 9.25. The maximum atomic E-state index is 11.8. The average Bonchev–Trinajstić information content (AvgIpc) is 2.47. The minimum Gasteiger partial charge on any atom is -0.467 e. The fourth-order valence-electron chi connectivity index (χ4n) is 1.75. The number of nitrogens with zero attached hydrogens (tertiary/aromatic N) is 2. The summed E-state index contributed by atoms with van der Waals surface area (Å²) in [5.41, 5.74) is 1.03. The van der Waals surface area contributed by atoms with Gasteiger partial charge in [0.25, 0.3) is 5.56 Å². The number of halogens is 1. The lowest BCUT2D eigenvalue weighted by atomic mass is 10.1. The Morgan fingerprint density at radius 2 is 1.90 bits per heavy atom. The number of carbonyl (C=O) groups excluding carboxylic acids is 1. The average molecular weight is 293 g/mol. The second-order valence-corrected chi connectivity index (χ2v) is 4.64. The second-order valence-electron chi connectivity index (χ2n) is 4.21. The molecule has 0 N–H and O–H groups in total. The van der Waals surface area contributed by atoms with Crippen molar-refractivity contribution in [1.29, 1.82) is 0 Å². The van der Waals surface area contributed by atoms with Crippen molar-refractivity contribution in [2.45, 2.75) is 13.0 Å². The van der Waals surface area contributed by atoms with E-state index in [1.807, 2.05) is 0 Å². The molecule has 0 bridgehead atoms. The van der Waals surface area contributed by atoms with Crippen LogP contribution in [0.5, 0.6) is 0 Å². The van der Waals surface area contributed by atoms with Gasteiger partial charge in [0.2, 0.25) is 0 Å². The highest BCUT2D eigenvalue weighted by Gasteiger charge is 2.18. The van der Waals surface area contributed by atoms with Gasteiger partial charge in [-0.15, -0.1) is 0 Å². The highest BCUT2D eigenvalue weighted by molar-refractivity contribution is 6.30. The molecule has 0 aliphatic heterocycles. The highest BCUT2D eigenvalue weighted by atomic mass is 35.5. The quantitative estimate of drug-likeness (QED) is 0.814. The molecular formula is C14H13ClN2O3. The molecule has 2 aromatic rings. The standard InChI is InChI=1S/C14H13ClN2O3/c1-9(14(19)20-2)17-13(18)8-7-12(16-17)10-3-5-11(15)6-4-10/h3-9H,1-2H3. The maximum absolute atomic E-state index is 11.8. The smallest absolute Gasteiger partial charge is 0.330 e.